The smallest absolute Gasteiger partial charge is 0.177 e. The number of rotatable bonds is 0. The fourth-order valence-electron chi connectivity index (χ4n) is 0. The summed E-state index contributed by atoms with van der Waals surface area (Å²) in [5.74, 6) is 9.31. The van der Waals surface area contributed by atoms with Gasteiger partial charge in [0, 0.05) is 17.1 Å². The number of hydrogen-bond donors (Lipinski definition) is 6. The summed E-state index contributed by atoms with van der Waals surface area (Å²) in [4.78, 5) is 0. The largest absolute Gasteiger partial charge is 0.375 e. The van der Waals surface area contributed by atoms with Gasteiger partial charge in [-0.05, 0) is 24.4 Å². The Kier molecular flexibility index (Phi) is 19.4. The van der Waals surface area contributed by atoms with Gasteiger partial charge < -0.3 is 22.3 Å². The van der Waals surface area contributed by atoms with Gasteiger partial charge in [-0.2, -0.15) is 0 Å². The van der Waals surface area contributed by atoms with Crippen LogP contribution in [0.3, 0.4) is 0 Å². The first-order valence-corrected chi connectivity index (χ1v) is 2.88. The van der Waals surface area contributed by atoms with E-state index in [1.165, 1.54) is 0 Å². The van der Waals surface area contributed by atoms with Crippen LogP contribution in [0.5, 0.6) is 0 Å². The molecule has 0 aromatic carbocycles. The Morgan fingerprint density at radius 3 is 1.00 bits per heavy atom. The van der Waals surface area contributed by atoms with E-state index in [9.17, 15) is 0 Å². The van der Waals surface area contributed by atoms with Crippen LogP contribution < -0.4 is 34.0 Å². The minimum atomic E-state index is 0. The summed E-state index contributed by atoms with van der Waals surface area (Å²) in [6, 6.07) is 0. The summed E-state index contributed by atoms with van der Waals surface area (Å²) in [5.41, 5.74) is 13.6. The Hall–Kier alpha value is -0.181. The van der Waals surface area contributed by atoms with Gasteiger partial charge in [-0.3, -0.25) is 0 Å². The Bertz CT molecular complexity index is 103. The van der Waals surface area contributed by atoms with E-state index in [1.54, 1.807) is 0 Å². The third-order valence-corrected chi connectivity index (χ3v) is 0.520. The van der Waals surface area contributed by atoms with Gasteiger partial charge in [-0.15, -0.1) is 0 Å². The van der Waals surface area contributed by atoms with Crippen molar-refractivity contribution in [2.24, 2.45) is 23.2 Å². The van der Waals surface area contributed by atoms with Gasteiger partial charge in [0.15, 0.2) is 10.2 Å². The average molecular weight is 246 g/mol. The second-order valence-electron chi connectivity index (χ2n) is 1.02. The molecule has 71 valence electrons. The summed E-state index contributed by atoms with van der Waals surface area (Å²) in [6.45, 7) is 0. The van der Waals surface area contributed by atoms with E-state index >= 15 is 0 Å². The molecule has 6 nitrogen and oxygen atoms in total. The maximum atomic E-state index is 4.79. The summed E-state index contributed by atoms with van der Waals surface area (Å²) in [7, 11) is 0. The molecule has 11 heavy (non-hydrogen) atoms. The van der Waals surface area contributed by atoms with Crippen molar-refractivity contribution in [2.45, 2.75) is 0 Å². The molecule has 0 rings (SSSR count). The van der Waals surface area contributed by atoms with Gasteiger partial charge in [-0.25, -0.2) is 11.7 Å². The fourth-order valence-corrected chi connectivity index (χ4v) is 0. The minimum absolute atomic E-state index is 0. The number of nitrogens with two attached hydrogens (primary N) is 4. The van der Waals surface area contributed by atoms with E-state index in [0.717, 1.165) is 0 Å². The minimum Gasteiger partial charge on any atom is -0.375 e. The topological polar surface area (TPSA) is 128 Å². The van der Waals surface area contributed by atoms with Crippen molar-refractivity contribution in [3.8, 4) is 0 Å². The van der Waals surface area contributed by atoms with Gasteiger partial charge in [0.05, 0.1) is 0 Å². The van der Waals surface area contributed by atoms with Gasteiger partial charge in [0.2, 0.25) is 0 Å². The van der Waals surface area contributed by atoms with Crippen molar-refractivity contribution in [3.05, 3.63) is 0 Å². The molecule has 0 amide bonds. The molecule has 0 saturated heterocycles. The van der Waals surface area contributed by atoms with Crippen molar-refractivity contribution in [2.75, 3.05) is 0 Å². The van der Waals surface area contributed by atoms with E-state index in [1.807, 2.05) is 10.9 Å². The Labute approximate surface area is 85.8 Å². The number of hydrogen-bond acceptors (Lipinski definition) is 4. The summed E-state index contributed by atoms with van der Waals surface area (Å²) >= 11 is 8.48. The average Bonchev–Trinajstić information content (AvgIpc) is 1.89. The molecule has 0 aromatic rings. The quantitative estimate of drug-likeness (QED) is 0.119. The molecule has 0 aliphatic rings. The maximum Gasteiger partial charge on any atom is 0.177 e. The van der Waals surface area contributed by atoms with Crippen LogP contribution >= 0.6 is 24.4 Å². The molecule has 0 atom stereocenters. The van der Waals surface area contributed by atoms with Crippen molar-refractivity contribution in [1.29, 1.82) is 0 Å². The molecular weight excluding hydrogens is 236 g/mol. The second-order valence-corrected chi connectivity index (χ2v) is 1.90. The summed E-state index contributed by atoms with van der Waals surface area (Å²) in [6.07, 6.45) is 0. The molecule has 0 unspecified atom stereocenters. The van der Waals surface area contributed by atoms with Gasteiger partial charge >= 0.3 is 0 Å². The zero-order valence-corrected chi connectivity index (χ0v) is 8.00. The number of thiocarbonyl (C=S) groups is 2. The molecule has 0 heterocycles. The van der Waals surface area contributed by atoms with Crippen molar-refractivity contribution < 1.29 is 17.1 Å². The van der Waals surface area contributed by atoms with E-state index in [-0.39, 0.29) is 27.3 Å². The number of hydrazine groups is 2. The van der Waals surface area contributed by atoms with E-state index in [2.05, 4.69) is 36.1 Å². The molecule has 0 fully saturated rings. The zero-order chi connectivity index (χ0) is 8.57. The molecule has 0 aromatic heterocycles. The fraction of sp³-hybridized carbons (Fsp3) is 0. The number of nitrogens with one attached hydrogen (secondary N) is 2. The second kappa shape index (κ2) is 12.5. The van der Waals surface area contributed by atoms with E-state index in [4.69, 9.17) is 11.5 Å². The summed E-state index contributed by atoms with van der Waals surface area (Å²) < 4.78 is 0. The molecule has 10 N–H and O–H groups in total. The van der Waals surface area contributed by atoms with Crippen LogP contribution in [0.15, 0.2) is 0 Å². The Morgan fingerprint density at radius 2 is 1.00 bits per heavy atom. The van der Waals surface area contributed by atoms with Crippen LogP contribution in [-0.4, -0.2) is 10.2 Å². The van der Waals surface area contributed by atoms with E-state index in [0.29, 0.717) is 0 Å². The van der Waals surface area contributed by atoms with Crippen LogP contribution in [0.25, 0.3) is 0 Å². The monoisotopic (exact) mass is 245 g/mol. The third-order valence-electron chi connectivity index (χ3n) is 0.285. The van der Waals surface area contributed by atoms with Crippen molar-refractivity contribution in [3.63, 3.8) is 0 Å². The molecule has 0 saturated carbocycles. The van der Waals surface area contributed by atoms with Crippen molar-refractivity contribution >= 4 is 34.7 Å². The zero-order valence-electron chi connectivity index (χ0n) is 5.43. The standard InChI is InChI=1S/2CH5N3S.Cu/c2*2-1(5)4-3;/h2*3H2,(H3,2,4,5);. The van der Waals surface area contributed by atoms with Crippen molar-refractivity contribution in [1.82, 2.24) is 10.9 Å². The van der Waals surface area contributed by atoms with Crippen LogP contribution in [0, 0.1) is 0 Å². The molecular formula is C2H10CuN6S2. The summed E-state index contributed by atoms with van der Waals surface area (Å²) in [5, 5.41) is 0.231. The first-order chi connectivity index (χ1) is 4.54. The van der Waals surface area contributed by atoms with Crippen LogP contribution in [-0.2, 0) is 17.1 Å². The van der Waals surface area contributed by atoms with Crippen LogP contribution in [0.1, 0.15) is 0 Å². The van der Waals surface area contributed by atoms with Crippen LogP contribution in [0.2, 0.25) is 0 Å². The molecule has 0 spiro atoms. The van der Waals surface area contributed by atoms with E-state index < -0.39 is 0 Å². The predicted octanol–water partition coefficient (Wildman–Crippen LogP) is -2.62. The first kappa shape index (κ1) is 17.1. The maximum absolute atomic E-state index is 4.79. The SMILES string of the molecule is NNC(N)=S.NNC(N)=S.[Cu]. The molecule has 0 bridgehead atoms. The van der Waals surface area contributed by atoms with Gasteiger partial charge in [0.25, 0.3) is 0 Å². The third kappa shape index (κ3) is 41.2. The Balaban J connectivity index is -0.000000107. The van der Waals surface area contributed by atoms with Crippen LogP contribution in [0.4, 0.5) is 0 Å². The molecule has 0 aliphatic carbocycles. The predicted molar refractivity (Wildman–Crippen MR) is 48.2 cm³/mol. The van der Waals surface area contributed by atoms with Gasteiger partial charge in [0.1, 0.15) is 0 Å². The first-order valence-electron chi connectivity index (χ1n) is 2.06. The normalized spacial score (nSPS) is 6.00. The Morgan fingerprint density at radius 1 is 0.909 bits per heavy atom. The van der Waals surface area contributed by atoms with Gasteiger partial charge in [-0.1, -0.05) is 0 Å². The molecule has 0 aliphatic heterocycles. The molecule has 1 radical (unpaired) electrons. The molecule has 9 heteroatoms.